The molecule has 0 spiro atoms. The molecule has 1 fully saturated rings. The third kappa shape index (κ3) is 0.600. The molecule has 0 aromatic heterocycles. The average Bonchev–Trinajstić information content (AvgIpc) is 2.61. The van der Waals surface area contributed by atoms with E-state index < -0.39 is 12.2 Å². The van der Waals surface area contributed by atoms with Gasteiger partial charge in [0.05, 0.1) is 5.70 Å². The van der Waals surface area contributed by atoms with E-state index in [1.165, 1.54) is 6.08 Å². The molecule has 0 radical (unpaired) electrons. The second-order valence-electron chi connectivity index (χ2n) is 2.50. The fraction of sp³-hybridized carbons (Fsp3) is 0.500. The van der Waals surface area contributed by atoms with E-state index in [0.717, 1.165) is 0 Å². The Morgan fingerprint density at radius 3 is 3.10 bits per heavy atom. The van der Waals surface area contributed by atoms with E-state index in [2.05, 4.69) is 0 Å². The number of hydrogen-bond acceptors (Lipinski definition) is 4. The number of aliphatic hydroxyl groups excluding tert-OH is 1. The topological polar surface area (TPSA) is 75.8 Å². The van der Waals surface area contributed by atoms with Crippen molar-refractivity contribution in [2.24, 2.45) is 5.73 Å². The summed E-state index contributed by atoms with van der Waals surface area (Å²) >= 11 is 0. The molecule has 2 aliphatic rings. The van der Waals surface area contributed by atoms with Gasteiger partial charge in [-0.15, -0.1) is 0 Å². The van der Waals surface area contributed by atoms with Crippen molar-refractivity contribution >= 4 is 5.78 Å². The third-order valence-electron chi connectivity index (χ3n) is 1.76. The van der Waals surface area contributed by atoms with Crippen LogP contribution in [0.5, 0.6) is 0 Å². The van der Waals surface area contributed by atoms with Gasteiger partial charge in [0.2, 0.25) is 5.78 Å². The second kappa shape index (κ2) is 1.59. The molecule has 4 nitrogen and oxygen atoms in total. The van der Waals surface area contributed by atoms with Crippen LogP contribution in [-0.4, -0.2) is 29.2 Å². The van der Waals surface area contributed by atoms with Crippen LogP contribution in [0.3, 0.4) is 0 Å². The van der Waals surface area contributed by atoms with Gasteiger partial charge in [-0.2, -0.15) is 0 Å². The Bertz CT molecular complexity index is 223. The Morgan fingerprint density at radius 2 is 2.40 bits per heavy atom. The third-order valence-corrected chi connectivity index (χ3v) is 1.76. The van der Waals surface area contributed by atoms with Crippen LogP contribution in [-0.2, 0) is 9.53 Å². The van der Waals surface area contributed by atoms with Crippen LogP contribution < -0.4 is 5.73 Å². The summed E-state index contributed by atoms with van der Waals surface area (Å²) in [5.41, 5.74) is 5.37. The van der Waals surface area contributed by atoms with Gasteiger partial charge in [-0.05, 0) is 6.08 Å². The van der Waals surface area contributed by atoms with Gasteiger partial charge < -0.3 is 15.6 Å². The number of rotatable bonds is 0. The van der Waals surface area contributed by atoms with Gasteiger partial charge in [0.1, 0.15) is 12.2 Å². The lowest BCUT2D eigenvalue weighted by atomic mass is 10.0. The van der Waals surface area contributed by atoms with Gasteiger partial charge in [-0.3, -0.25) is 4.79 Å². The fourth-order valence-electron chi connectivity index (χ4n) is 1.12. The molecule has 0 amide bonds. The highest BCUT2D eigenvalue weighted by atomic mass is 16.6. The number of aliphatic hydroxyl groups is 1. The molecular weight excluding hydrogens is 134 g/mol. The predicted octanol–water partition coefficient (Wildman–Crippen LogP) is -1.46. The summed E-state index contributed by atoms with van der Waals surface area (Å²) in [6, 6.07) is 0. The van der Waals surface area contributed by atoms with E-state index in [0.29, 0.717) is 0 Å². The van der Waals surface area contributed by atoms with E-state index in [4.69, 9.17) is 15.6 Å². The minimum Gasteiger partial charge on any atom is -0.396 e. The Morgan fingerprint density at radius 1 is 1.70 bits per heavy atom. The zero-order valence-corrected chi connectivity index (χ0v) is 5.15. The zero-order chi connectivity index (χ0) is 7.30. The SMILES string of the molecule is NC1=CC(O)C2OC2C1=O. The average molecular weight is 141 g/mol. The van der Waals surface area contributed by atoms with Crippen molar-refractivity contribution in [1.82, 2.24) is 0 Å². The Labute approximate surface area is 57.3 Å². The number of carbonyl (C=O) groups is 1. The lowest BCUT2D eigenvalue weighted by Crippen LogP contribution is -2.29. The number of epoxide rings is 1. The molecule has 1 aliphatic carbocycles. The van der Waals surface area contributed by atoms with Crippen molar-refractivity contribution in [3.8, 4) is 0 Å². The number of fused-ring (bicyclic) bond motifs is 1. The lowest BCUT2D eigenvalue weighted by Gasteiger charge is -2.07. The zero-order valence-electron chi connectivity index (χ0n) is 5.15. The first-order valence-electron chi connectivity index (χ1n) is 3.05. The Balaban J connectivity index is 2.30. The molecule has 1 heterocycles. The number of ether oxygens (including phenoxy) is 1. The molecule has 10 heavy (non-hydrogen) atoms. The number of carbonyl (C=O) groups excluding carboxylic acids is 1. The molecule has 2 rings (SSSR count). The lowest BCUT2D eigenvalue weighted by molar-refractivity contribution is -0.117. The van der Waals surface area contributed by atoms with Gasteiger partial charge >= 0.3 is 0 Å². The van der Waals surface area contributed by atoms with E-state index in [1.54, 1.807) is 0 Å². The van der Waals surface area contributed by atoms with Crippen LogP contribution >= 0.6 is 0 Å². The van der Waals surface area contributed by atoms with Gasteiger partial charge in [-0.1, -0.05) is 0 Å². The molecule has 3 unspecified atom stereocenters. The van der Waals surface area contributed by atoms with Crippen molar-refractivity contribution in [3.05, 3.63) is 11.8 Å². The van der Waals surface area contributed by atoms with Crippen molar-refractivity contribution < 1.29 is 14.6 Å². The van der Waals surface area contributed by atoms with Crippen molar-refractivity contribution in [2.75, 3.05) is 0 Å². The maximum absolute atomic E-state index is 10.9. The molecule has 3 N–H and O–H groups in total. The van der Waals surface area contributed by atoms with Crippen molar-refractivity contribution in [3.63, 3.8) is 0 Å². The van der Waals surface area contributed by atoms with Crippen LogP contribution in [0.25, 0.3) is 0 Å². The van der Waals surface area contributed by atoms with Crippen molar-refractivity contribution in [1.29, 1.82) is 0 Å². The molecular formula is C6H7NO3. The molecule has 1 saturated heterocycles. The van der Waals surface area contributed by atoms with Crippen LogP contribution in [0.1, 0.15) is 0 Å². The van der Waals surface area contributed by atoms with Crippen molar-refractivity contribution in [2.45, 2.75) is 18.3 Å². The molecule has 0 bridgehead atoms. The first kappa shape index (κ1) is 5.88. The number of ketones is 1. The summed E-state index contributed by atoms with van der Waals surface area (Å²) in [7, 11) is 0. The summed E-state index contributed by atoms with van der Waals surface area (Å²) in [5, 5.41) is 9.07. The number of Topliss-reactive ketones (excluding diaryl/α,β-unsaturated/α-hetero) is 1. The van der Waals surface area contributed by atoms with Gasteiger partial charge in [0.25, 0.3) is 0 Å². The van der Waals surface area contributed by atoms with Gasteiger partial charge in [0, 0.05) is 0 Å². The quantitative estimate of drug-likeness (QED) is 0.404. The maximum Gasteiger partial charge on any atom is 0.209 e. The molecule has 4 heteroatoms. The first-order chi connectivity index (χ1) is 4.70. The highest BCUT2D eigenvalue weighted by Crippen LogP contribution is 2.32. The van der Waals surface area contributed by atoms with E-state index in [1.807, 2.05) is 0 Å². The molecule has 0 saturated carbocycles. The van der Waals surface area contributed by atoms with E-state index in [9.17, 15) is 4.79 Å². The smallest absolute Gasteiger partial charge is 0.209 e. The summed E-state index contributed by atoms with van der Waals surface area (Å²) in [5.74, 6) is -0.199. The Hall–Kier alpha value is -0.870. The largest absolute Gasteiger partial charge is 0.396 e. The Kier molecular flexibility index (Phi) is 0.934. The maximum atomic E-state index is 10.9. The minimum absolute atomic E-state index is 0.117. The fourth-order valence-corrected chi connectivity index (χ4v) is 1.12. The van der Waals surface area contributed by atoms with Crippen LogP contribution in [0.4, 0.5) is 0 Å². The van der Waals surface area contributed by atoms with Crippen LogP contribution in [0.2, 0.25) is 0 Å². The van der Waals surface area contributed by atoms with Crippen LogP contribution in [0, 0.1) is 0 Å². The first-order valence-corrected chi connectivity index (χ1v) is 3.05. The summed E-state index contributed by atoms with van der Waals surface area (Å²) in [4.78, 5) is 10.9. The molecule has 0 aromatic carbocycles. The predicted molar refractivity (Wildman–Crippen MR) is 31.9 cm³/mol. The van der Waals surface area contributed by atoms with E-state index in [-0.39, 0.29) is 17.6 Å². The van der Waals surface area contributed by atoms with Gasteiger partial charge in [0.15, 0.2) is 6.10 Å². The highest BCUT2D eigenvalue weighted by molar-refractivity contribution is 6.01. The number of hydrogen-bond donors (Lipinski definition) is 2. The summed E-state index contributed by atoms with van der Waals surface area (Å²) < 4.78 is 4.84. The highest BCUT2D eigenvalue weighted by Gasteiger charge is 2.52. The minimum atomic E-state index is -0.692. The second-order valence-corrected chi connectivity index (χ2v) is 2.50. The molecule has 54 valence electrons. The van der Waals surface area contributed by atoms with Gasteiger partial charge in [-0.25, -0.2) is 0 Å². The molecule has 3 atom stereocenters. The normalized spacial score (nSPS) is 44.3. The monoisotopic (exact) mass is 141 g/mol. The molecule has 1 aliphatic heterocycles. The summed E-state index contributed by atoms with van der Waals surface area (Å²) in [6.07, 6.45) is -0.140. The summed E-state index contributed by atoms with van der Waals surface area (Å²) in [6.45, 7) is 0. The molecule has 0 aromatic rings. The number of nitrogens with two attached hydrogens (primary N) is 1. The van der Waals surface area contributed by atoms with E-state index >= 15 is 0 Å². The van der Waals surface area contributed by atoms with Crippen LogP contribution in [0.15, 0.2) is 11.8 Å². The standard InChI is InChI=1S/C6H7NO3/c7-2-1-3(8)5-6(10-5)4(2)9/h1,3,5-6,8H,7H2.